The number of hydrogen-bond donors (Lipinski definition) is 0. The number of esters is 1. The molecule has 0 spiro atoms. The first-order valence-corrected chi connectivity index (χ1v) is 7.23. The molecule has 0 radical (unpaired) electrons. The largest absolute Gasteiger partial charge is 0.465 e. The highest BCUT2D eigenvalue weighted by Crippen LogP contribution is 2.08. The first-order chi connectivity index (χ1) is 10.8. The van der Waals surface area contributed by atoms with E-state index >= 15 is 0 Å². The molecule has 0 unspecified atom stereocenters. The van der Waals surface area contributed by atoms with E-state index in [0.29, 0.717) is 5.56 Å². The molecule has 6 nitrogen and oxygen atoms in total. The van der Waals surface area contributed by atoms with Gasteiger partial charge in [0.05, 0.1) is 13.2 Å². The normalized spacial score (nSPS) is 10.1. The second-order valence-corrected chi connectivity index (χ2v) is 5.06. The van der Waals surface area contributed by atoms with Crippen molar-refractivity contribution in [3.8, 4) is 0 Å². The van der Waals surface area contributed by atoms with Crippen molar-refractivity contribution in [1.29, 1.82) is 0 Å². The van der Waals surface area contributed by atoms with E-state index in [1.807, 2.05) is 0 Å². The van der Waals surface area contributed by atoms with E-state index in [1.54, 1.807) is 6.92 Å². The van der Waals surface area contributed by atoms with Gasteiger partial charge in [-0.3, -0.25) is 14.4 Å². The van der Waals surface area contributed by atoms with Gasteiger partial charge in [-0.1, -0.05) is 12.1 Å². The number of likely N-dealkylation sites (N-methyl/N-ethyl adjacent to an activating group) is 1. The highest BCUT2D eigenvalue weighted by atomic mass is 19.1. The number of hydrogen-bond acceptors (Lipinski definition) is 4. The SMILES string of the molecule is CCOC(=O)CN(Cc1ccc(F)cc1)C(=O)CN(C)C(C)=O. The lowest BCUT2D eigenvalue weighted by Crippen LogP contribution is -2.42. The van der Waals surface area contributed by atoms with Gasteiger partial charge in [0.15, 0.2) is 0 Å². The van der Waals surface area contributed by atoms with Crippen LogP contribution in [0.5, 0.6) is 0 Å². The summed E-state index contributed by atoms with van der Waals surface area (Å²) < 4.78 is 17.8. The Morgan fingerprint density at radius 1 is 1.13 bits per heavy atom. The number of amides is 2. The van der Waals surface area contributed by atoms with Gasteiger partial charge in [-0.2, -0.15) is 0 Å². The number of rotatable bonds is 7. The maximum Gasteiger partial charge on any atom is 0.325 e. The van der Waals surface area contributed by atoms with Gasteiger partial charge in [0.2, 0.25) is 11.8 Å². The van der Waals surface area contributed by atoms with Gasteiger partial charge < -0.3 is 14.5 Å². The van der Waals surface area contributed by atoms with Gasteiger partial charge in [0, 0.05) is 20.5 Å². The van der Waals surface area contributed by atoms with E-state index in [0.717, 1.165) is 0 Å². The smallest absolute Gasteiger partial charge is 0.325 e. The maximum atomic E-state index is 13.0. The Morgan fingerprint density at radius 2 is 1.74 bits per heavy atom. The third-order valence-electron chi connectivity index (χ3n) is 3.17. The summed E-state index contributed by atoms with van der Waals surface area (Å²) in [5.41, 5.74) is 0.675. The summed E-state index contributed by atoms with van der Waals surface area (Å²) in [5, 5.41) is 0. The van der Waals surface area contributed by atoms with E-state index in [4.69, 9.17) is 4.74 Å². The van der Waals surface area contributed by atoms with Crippen molar-refractivity contribution in [3.05, 3.63) is 35.6 Å². The van der Waals surface area contributed by atoms with Gasteiger partial charge in [-0.05, 0) is 24.6 Å². The third kappa shape index (κ3) is 6.46. The molecule has 2 amide bonds. The van der Waals surface area contributed by atoms with Crippen LogP contribution in [0.2, 0.25) is 0 Å². The van der Waals surface area contributed by atoms with Crippen LogP contribution in [-0.4, -0.2) is 54.3 Å². The molecule has 0 saturated heterocycles. The van der Waals surface area contributed by atoms with Crippen LogP contribution >= 0.6 is 0 Å². The molecule has 0 aromatic heterocycles. The van der Waals surface area contributed by atoms with Crippen molar-refractivity contribution in [3.63, 3.8) is 0 Å². The molecule has 7 heteroatoms. The molecule has 0 atom stereocenters. The molecule has 0 N–H and O–H groups in total. The lowest BCUT2D eigenvalue weighted by molar-refractivity contribution is -0.150. The summed E-state index contributed by atoms with van der Waals surface area (Å²) in [4.78, 5) is 37.8. The van der Waals surface area contributed by atoms with Crippen molar-refractivity contribution in [2.75, 3.05) is 26.7 Å². The lowest BCUT2D eigenvalue weighted by Gasteiger charge is -2.24. The monoisotopic (exact) mass is 324 g/mol. The van der Waals surface area contributed by atoms with E-state index in [9.17, 15) is 18.8 Å². The van der Waals surface area contributed by atoms with Gasteiger partial charge in [-0.15, -0.1) is 0 Å². The van der Waals surface area contributed by atoms with E-state index in [1.165, 1.54) is 48.0 Å². The number of halogens is 1. The minimum absolute atomic E-state index is 0.129. The Balaban J connectivity index is 2.82. The lowest BCUT2D eigenvalue weighted by atomic mass is 10.2. The Morgan fingerprint density at radius 3 is 2.26 bits per heavy atom. The van der Waals surface area contributed by atoms with Crippen LogP contribution in [0, 0.1) is 5.82 Å². The van der Waals surface area contributed by atoms with E-state index in [-0.39, 0.29) is 43.9 Å². The Hall–Kier alpha value is -2.44. The van der Waals surface area contributed by atoms with Crippen molar-refractivity contribution in [2.45, 2.75) is 20.4 Å². The molecule has 23 heavy (non-hydrogen) atoms. The van der Waals surface area contributed by atoms with Gasteiger partial charge >= 0.3 is 5.97 Å². The molecule has 0 bridgehead atoms. The molecule has 1 aromatic carbocycles. The van der Waals surface area contributed by atoms with Crippen molar-refractivity contribution < 1.29 is 23.5 Å². The summed E-state index contributed by atoms with van der Waals surface area (Å²) in [6.45, 7) is 3.00. The zero-order valence-electron chi connectivity index (χ0n) is 13.5. The number of carbonyl (C=O) groups is 3. The predicted molar refractivity (Wildman–Crippen MR) is 81.8 cm³/mol. The second kappa shape index (κ2) is 8.87. The average Bonchev–Trinajstić information content (AvgIpc) is 2.48. The van der Waals surface area contributed by atoms with Crippen LogP contribution in [-0.2, 0) is 25.7 Å². The zero-order valence-corrected chi connectivity index (χ0v) is 13.5. The van der Waals surface area contributed by atoms with Crippen LogP contribution in [0.25, 0.3) is 0 Å². The molecule has 126 valence electrons. The third-order valence-corrected chi connectivity index (χ3v) is 3.17. The molecule has 1 aromatic rings. The molecule has 0 aliphatic rings. The molecule has 0 heterocycles. The van der Waals surface area contributed by atoms with Gasteiger partial charge in [0.1, 0.15) is 12.4 Å². The average molecular weight is 324 g/mol. The highest BCUT2D eigenvalue weighted by Gasteiger charge is 2.20. The maximum absolute atomic E-state index is 13.0. The molecular weight excluding hydrogens is 303 g/mol. The predicted octanol–water partition coefficient (Wildman–Crippen LogP) is 1.20. The van der Waals surface area contributed by atoms with Crippen LogP contribution in [0.1, 0.15) is 19.4 Å². The first kappa shape index (κ1) is 18.6. The molecule has 0 saturated carbocycles. The quantitative estimate of drug-likeness (QED) is 0.707. The standard InChI is InChI=1S/C16H21FN2O4/c1-4-23-16(22)11-19(15(21)10-18(3)12(2)20)9-13-5-7-14(17)8-6-13/h5-8H,4,9-11H2,1-3H3. The zero-order chi connectivity index (χ0) is 17.4. The highest BCUT2D eigenvalue weighted by molar-refractivity contribution is 5.86. The summed E-state index contributed by atoms with van der Waals surface area (Å²) in [7, 11) is 1.50. The number of carbonyl (C=O) groups excluding carboxylic acids is 3. The van der Waals surface area contributed by atoms with Crippen molar-refractivity contribution >= 4 is 17.8 Å². The Kier molecular flexibility index (Phi) is 7.18. The van der Waals surface area contributed by atoms with Gasteiger partial charge in [-0.25, -0.2) is 4.39 Å². The first-order valence-electron chi connectivity index (χ1n) is 7.23. The summed E-state index contributed by atoms with van der Waals surface area (Å²) in [5.74, 6) is -1.56. The second-order valence-electron chi connectivity index (χ2n) is 5.06. The fourth-order valence-corrected chi connectivity index (χ4v) is 1.82. The van der Waals surface area contributed by atoms with Crippen molar-refractivity contribution in [1.82, 2.24) is 9.80 Å². The number of nitrogens with zero attached hydrogens (tertiary/aromatic N) is 2. The fraction of sp³-hybridized carbons (Fsp3) is 0.438. The topological polar surface area (TPSA) is 66.9 Å². The molecule has 0 fully saturated rings. The number of benzene rings is 1. The Labute approximate surface area is 134 Å². The number of ether oxygens (including phenoxy) is 1. The minimum Gasteiger partial charge on any atom is -0.465 e. The van der Waals surface area contributed by atoms with Crippen LogP contribution in [0.3, 0.4) is 0 Å². The van der Waals surface area contributed by atoms with E-state index < -0.39 is 5.97 Å². The van der Waals surface area contributed by atoms with Crippen molar-refractivity contribution in [2.24, 2.45) is 0 Å². The molecular formula is C16H21FN2O4. The van der Waals surface area contributed by atoms with E-state index in [2.05, 4.69) is 0 Å². The van der Waals surface area contributed by atoms with Gasteiger partial charge in [0.25, 0.3) is 0 Å². The van der Waals surface area contributed by atoms with Crippen LogP contribution < -0.4 is 0 Å². The summed E-state index contributed by atoms with van der Waals surface area (Å²) in [6.07, 6.45) is 0. The van der Waals surface area contributed by atoms with Crippen LogP contribution in [0.4, 0.5) is 4.39 Å². The summed E-state index contributed by atoms with van der Waals surface area (Å²) in [6, 6.07) is 5.64. The van der Waals surface area contributed by atoms with Crippen LogP contribution in [0.15, 0.2) is 24.3 Å². The minimum atomic E-state index is -0.534. The fourth-order valence-electron chi connectivity index (χ4n) is 1.82. The summed E-state index contributed by atoms with van der Waals surface area (Å²) >= 11 is 0. The molecule has 0 aliphatic heterocycles. The molecule has 0 aliphatic carbocycles. The molecule has 1 rings (SSSR count). The Bertz CT molecular complexity index is 560.